The number of hydrogen-bond donors (Lipinski definition) is 1. The van der Waals surface area contributed by atoms with E-state index in [4.69, 9.17) is 0 Å². The van der Waals surface area contributed by atoms with E-state index in [9.17, 15) is 4.79 Å². The van der Waals surface area contributed by atoms with E-state index < -0.39 is 0 Å². The van der Waals surface area contributed by atoms with E-state index in [1.54, 1.807) is 6.92 Å². The zero-order valence-electron chi connectivity index (χ0n) is 10.4. The van der Waals surface area contributed by atoms with E-state index in [1.807, 2.05) is 24.3 Å². The molecule has 0 spiro atoms. The predicted octanol–water partition coefficient (Wildman–Crippen LogP) is 1.94. The molecule has 0 radical (unpaired) electrons. The Morgan fingerprint density at radius 2 is 2.06 bits per heavy atom. The summed E-state index contributed by atoms with van der Waals surface area (Å²) >= 11 is 0. The molecule has 0 saturated heterocycles. The lowest BCUT2D eigenvalue weighted by Crippen LogP contribution is -2.18. The van der Waals surface area contributed by atoms with Crippen LogP contribution in [0.5, 0.6) is 0 Å². The number of rotatable bonds is 6. The second kappa shape index (κ2) is 7.63. The highest BCUT2D eigenvalue weighted by Gasteiger charge is 2.00. The smallest absolute Gasteiger partial charge is 0.333 e. The van der Waals surface area contributed by atoms with Gasteiger partial charge in [-0.05, 0) is 25.5 Å². The number of esters is 1. The van der Waals surface area contributed by atoms with Gasteiger partial charge in [0, 0.05) is 12.1 Å². The lowest BCUT2D eigenvalue weighted by atomic mass is 10.1. The van der Waals surface area contributed by atoms with Crippen LogP contribution in [-0.2, 0) is 16.0 Å². The number of methoxy groups -OCH3 is 1. The molecule has 1 rings (SSSR count). The molecule has 1 aromatic rings. The molecule has 0 saturated carbocycles. The Morgan fingerprint density at radius 1 is 1.35 bits per heavy atom. The van der Waals surface area contributed by atoms with Crippen LogP contribution in [0, 0.1) is 0 Å². The molecule has 92 valence electrons. The zero-order chi connectivity index (χ0) is 12.5. The van der Waals surface area contributed by atoms with Crippen LogP contribution in [0.15, 0.2) is 42.0 Å². The number of ether oxygens (including phenoxy) is 1. The fourth-order valence-electron chi connectivity index (χ4n) is 1.45. The molecule has 0 amide bonds. The molecule has 0 aliphatic rings. The average molecular weight is 233 g/mol. The molecule has 0 unspecified atom stereocenters. The van der Waals surface area contributed by atoms with Gasteiger partial charge in [-0.25, -0.2) is 4.79 Å². The summed E-state index contributed by atoms with van der Waals surface area (Å²) < 4.78 is 4.60. The van der Waals surface area contributed by atoms with Gasteiger partial charge in [-0.1, -0.05) is 36.4 Å². The lowest BCUT2D eigenvalue weighted by molar-refractivity contribution is -0.136. The van der Waals surface area contributed by atoms with Crippen molar-refractivity contribution in [1.29, 1.82) is 0 Å². The standard InChI is InChI=1S/C14H19NO2/c1-12(14(16)17-2)8-10-15-11-9-13-6-4-3-5-7-13/h3-8,15H,9-11H2,1-2H3/b12-8+. The molecule has 17 heavy (non-hydrogen) atoms. The first-order chi connectivity index (χ1) is 8.24. The summed E-state index contributed by atoms with van der Waals surface area (Å²) in [6.45, 7) is 3.34. The minimum absolute atomic E-state index is 0.269. The van der Waals surface area contributed by atoms with Gasteiger partial charge in [0.05, 0.1) is 7.11 Å². The van der Waals surface area contributed by atoms with Gasteiger partial charge in [0.1, 0.15) is 0 Å². The Hall–Kier alpha value is -1.61. The largest absolute Gasteiger partial charge is 0.466 e. The summed E-state index contributed by atoms with van der Waals surface area (Å²) in [7, 11) is 1.39. The summed E-state index contributed by atoms with van der Waals surface area (Å²) in [4.78, 5) is 11.1. The Bertz CT molecular complexity index is 371. The lowest BCUT2D eigenvalue weighted by Gasteiger charge is -2.03. The molecule has 1 N–H and O–H groups in total. The second-order valence-corrected chi connectivity index (χ2v) is 3.82. The van der Waals surface area contributed by atoms with E-state index in [-0.39, 0.29) is 5.97 Å². The molecule has 0 heterocycles. The predicted molar refractivity (Wildman–Crippen MR) is 68.8 cm³/mol. The third-order valence-electron chi connectivity index (χ3n) is 2.49. The molecule has 0 aliphatic heterocycles. The van der Waals surface area contributed by atoms with Gasteiger partial charge >= 0.3 is 5.97 Å². The molecule has 0 aliphatic carbocycles. The molecule has 3 heteroatoms. The van der Waals surface area contributed by atoms with Gasteiger partial charge in [-0.15, -0.1) is 0 Å². The third kappa shape index (κ3) is 5.31. The molecule has 0 atom stereocenters. The number of carbonyl (C=O) groups is 1. The van der Waals surface area contributed by atoms with E-state index in [2.05, 4.69) is 22.2 Å². The fourth-order valence-corrected chi connectivity index (χ4v) is 1.45. The van der Waals surface area contributed by atoms with Gasteiger partial charge in [0.25, 0.3) is 0 Å². The van der Waals surface area contributed by atoms with Gasteiger partial charge in [0.15, 0.2) is 0 Å². The minimum Gasteiger partial charge on any atom is -0.466 e. The van der Waals surface area contributed by atoms with Gasteiger partial charge < -0.3 is 10.1 Å². The first kappa shape index (κ1) is 13.5. The summed E-state index contributed by atoms with van der Waals surface area (Å²) in [5.41, 5.74) is 1.95. The van der Waals surface area contributed by atoms with Crippen molar-refractivity contribution in [2.45, 2.75) is 13.3 Å². The Balaban J connectivity index is 2.19. The quantitative estimate of drug-likeness (QED) is 0.463. The van der Waals surface area contributed by atoms with Crippen LogP contribution in [0.4, 0.5) is 0 Å². The van der Waals surface area contributed by atoms with E-state index in [0.29, 0.717) is 12.1 Å². The maximum Gasteiger partial charge on any atom is 0.333 e. The van der Waals surface area contributed by atoms with Crippen LogP contribution in [0.25, 0.3) is 0 Å². The summed E-state index contributed by atoms with van der Waals surface area (Å²) in [5.74, 6) is -0.269. The maximum atomic E-state index is 11.1. The van der Waals surface area contributed by atoms with Crippen LogP contribution in [0.2, 0.25) is 0 Å². The highest BCUT2D eigenvalue weighted by Crippen LogP contribution is 1.98. The maximum absolute atomic E-state index is 11.1. The number of hydrogen-bond acceptors (Lipinski definition) is 3. The van der Waals surface area contributed by atoms with Crippen LogP contribution in [0.3, 0.4) is 0 Å². The van der Waals surface area contributed by atoms with Crippen molar-refractivity contribution >= 4 is 5.97 Å². The summed E-state index contributed by atoms with van der Waals surface area (Å²) in [6.07, 6.45) is 2.84. The van der Waals surface area contributed by atoms with Crippen molar-refractivity contribution in [3.05, 3.63) is 47.5 Å². The first-order valence-corrected chi connectivity index (χ1v) is 5.73. The molecule has 1 aromatic carbocycles. The Kier molecular flexibility index (Phi) is 6.04. The zero-order valence-corrected chi connectivity index (χ0v) is 10.4. The average Bonchev–Trinajstić information content (AvgIpc) is 2.38. The number of carbonyl (C=O) groups excluding carboxylic acids is 1. The van der Waals surface area contributed by atoms with Gasteiger partial charge in [-0.3, -0.25) is 0 Å². The van der Waals surface area contributed by atoms with E-state index in [0.717, 1.165) is 13.0 Å². The van der Waals surface area contributed by atoms with E-state index >= 15 is 0 Å². The van der Waals surface area contributed by atoms with Crippen molar-refractivity contribution in [3.63, 3.8) is 0 Å². The number of benzene rings is 1. The molecule has 0 aromatic heterocycles. The van der Waals surface area contributed by atoms with Crippen molar-refractivity contribution in [2.24, 2.45) is 0 Å². The normalized spacial score (nSPS) is 11.3. The van der Waals surface area contributed by atoms with Crippen LogP contribution < -0.4 is 5.32 Å². The monoisotopic (exact) mass is 233 g/mol. The summed E-state index contributed by atoms with van der Waals surface area (Å²) in [5, 5.41) is 3.26. The highest BCUT2D eigenvalue weighted by molar-refractivity contribution is 5.87. The van der Waals surface area contributed by atoms with Crippen molar-refractivity contribution in [3.8, 4) is 0 Å². The molecule has 0 bridgehead atoms. The van der Waals surface area contributed by atoms with Crippen LogP contribution in [-0.4, -0.2) is 26.2 Å². The fraction of sp³-hybridized carbons (Fsp3) is 0.357. The Labute approximate surface area is 102 Å². The van der Waals surface area contributed by atoms with Gasteiger partial charge in [0.2, 0.25) is 0 Å². The molecule has 3 nitrogen and oxygen atoms in total. The Morgan fingerprint density at radius 3 is 2.71 bits per heavy atom. The van der Waals surface area contributed by atoms with Crippen LogP contribution >= 0.6 is 0 Å². The van der Waals surface area contributed by atoms with Crippen molar-refractivity contribution in [2.75, 3.05) is 20.2 Å². The SMILES string of the molecule is COC(=O)/C(C)=C/CNCCc1ccccc1. The third-order valence-corrected chi connectivity index (χ3v) is 2.49. The van der Waals surface area contributed by atoms with Crippen molar-refractivity contribution in [1.82, 2.24) is 5.32 Å². The molecular weight excluding hydrogens is 214 g/mol. The molecular formula is C14H19NO2. The van der Waals surface area contributed by atoms with E-state index in [1.165, 1.54) is 12.7 Å². The van der Waals surface area contributed by atoms with Gasteiger partial charge in [-0.2, -0.15) is 0 Å². The van der Waals surface area contributed by atoms with Crippen molar-refractivity contribution < 1.29 is 9.53 Å². The summed E-state index contributed by atoms with van der Waals surface area (Å²) in [6, 6.07) is 10.3. The molecule has 0 fully saturated rings. The topological polar surface area (TPSA) is 38.3 Å². The number of nitrogens with one attached hydrogen (secondary N) is 1. The van der Waals surface area contributed by atoms with Crippen LogP contribution in [0.1, 0.15) is 12.5 Å². The second-order valence-electron chi connectivity index (χ2n) is 3.82. The highest BCUT2D eigenvalue weighted by atomic mass is 16.5. The minimum atomic E-state index is -0.269. The first-order valence-electron chi connectivity index (χ1n) is 5.73.